The van der Waals surface area contributed by atoms with Gasteiger partial charge in [-0.05, 0) is 124 Å². The Morgan fingerprint density at radius 3 is 1.41 bits per heavy atom. The van der Waals surface area contributed by atoms with Crippen LogP contribution in [-0.2, 0) is 0 Å². The van der Waals surface area contributed by atoms with E-state index >= 15 is 0 Å². The number of nitrogens with zero attached hydrogens (tertiary/aromatic N) is 5. The normalized spacial score (nSPS) is 12.7. The number of hydrogen-bond acceptors (Lipinski definition) is 4. The molecule has 1 aliphatic rings. The molecule has 6 heteroatoms. The van der Waals surface area contributed by atoms with Crippen LogP contribution in [0.15, 0.2) is 212 Å². The molecule has 4 heterocycles. The molecule has 0 N–H and O–H groups in total. The Kier molecular flexibility index (Phi) is 9.99. The molecule has 0 spiro atoms. The van der Waals surface area contributed by atoms with E-state index in [2.05, 4.69) is 223 Å². The molecule has 0 radical (unpaired) electrons. The van der Waals surface area contributed by atoms with Gasteiger partial charge < -0.3 is 13.9 Å². The Hall–Kier alpha value is -8.74. The third kappa shape index (κ3) is 6.70. The predicted molar refractivity (Wildman–Crippen MR) is 288 cm³/mol. The van der Waals surface area contributed by atoms with E-state index in [9.17, 15) is 0 Å². The number of fused-ring (bicyclic) bond motifs is 8. The Bertz CT molecular complexity index is 3670. The maximum Gasteiger partial charge on any atom is 0.160 e. The second kappa shape index (κ2) is 16.5. The quantitative estimate of drug-likeness (QED) is 0.143. The first kappa shape index (κ1) is 41.7. The number of para-hydroxylation sites is 8. The highest BCUT2D eigenvalue weighted by Gasteiger charge is 2.33. The standard InChI is InChI=1S/C63H49N5O/c1-7-21-40(4)60(39(2)3)63-64-48(38-49(65-63)61-41(5)22-20-23-42(61)6)43-36-56(66-50-28-12-8-24-44(50)45-25-9-13-29-51(45)66)62(68-54-32-16-18-34-58(54)69-59-35-19-17-33-55(59)68)57(37-43)67-52-30-14-10-26-46(52)47-27-11-15-31-53(47)67/h7-38H,2H2,1,3-6H3/b21-7-,60-40+. The molecule has 1 aliphatic heterocycles. The molecule has 0 bridgehead atoms. The molecule has 0 unspecified atom stereocenters. The lowest BCUT2D eigenvalue weighted by molar-refractivity contribution is 0.477. The van der Waals surface area contributed by atoms with E-state index in [0.29, 0.717) is 5.82 Å². The fourth-order valence-electron chi connectivity index (χ4n) is 10.7. The van der Waals surface area contributed by atoms with Crippen LogP contribution in [0.5, 0.6) is 11.5 Å². The monoisotopic (exact) mass is 891 g/mol. The van der Waals surface area contributed by atoms with Crippen molar-refractivity contribution in [2.75, 3.05) is 4.90 Å². The van der Waals surface area contributed by atoms with Gasteiger partial charge in [-0.15, -0.1) is 0 Å². The fraction of sp³-hybridized carbons (Fsp3) is 0.0794. The summed E-state index contributed by atoms with van der Waals surface area (Å²) in [4.78, 5) is 13.4. The molecule has 11 aromatic rings. The van der Waals surface area contributed by atoms with E-state index in [0.717, 1.165) is 112 Å². The molecule has 3 aromatic heterocycles. The lowest BCUT2D eigenvalue weighted by atomic mass is 9.96. The van der Waals surface area contributed by atoms with Gasteiger partial charge in [0, 0.05) is 38.2 Å². The number of benzene rings is 8. The van der Waals surface area contributed by atoms with Gasteiger partial charge in [0.15, 0.2) is 17.3 Å². The number of rotatable bonds is 8. The third-order valence-electron chi connectivity index (χ3n) is 13.6. The molecule has 0 fully saturated rings. The van der Waals surface area contributed by atoms with Crippen molar-refractivity contribution in [1.82, 2.24) is 19.1 Å². The molecule has 6 nitrogen and oxygen atoms in total. The zero-order valence-electron chi connectivity index (χ0n) is 39.3. The van der Waals surface area contributed by atoms with Crippen molar-refractivity contribution < 1.29 is 4.74 Å². The van der Waals surface area contributed by atoms with Gasteiger partial charge in [0.1, 0.15) is 0 Å². The Morgan fingerprint density at radius 1 is 0.507 bits per heavy atom. The molecule has 0 saturated carbocycles. The molecule has 0 aliphatic carbocycles. The van der Waals surface area contributed by atoms with Gasteiger partial charge in [-0.2, -0.15) is 0 Å². The summed E-state index contributed by atoms with van der Waals surface area (Å²) in [5.74, 6) is 2.18. The topological polar surface area (TPSA) is 48.1 Å². The van der Waals surface area contributed by atoms with Crippen LogP contribution in [0.3, 0.4) is 0 Å². The zero-order chi connectivity index (χ0) is 46.9. The fourth-order valence-corrected chi connectivity index (χ4v) is 10.7. The molecule has 69 heavy (non-hydrogen) atoms. The van der Waals surface area contributed by atoms with Crippen LogP contribution in [0.1, 0.15) is 37.7 Å². The number of aryl methyl sites for hydroxylation is 2. The molecule has 0 atom stereocenters. The maximum atomic E-state index is 6.74. The van der Waals surface area contributed by atoms with Gasteiger partial charge in [-0.1, -0.05) is 134 Å². The predicted octanol–water partition coefficient (Wildman–Crippen LogP) is 17.1. The van der Waals surface area contributed by atoms with Crippen LogP contribution in [0.2, 0.25) is 0 Å². The first-order chi connectivity index (χ1) is 33.8. The Morgan fingerprint density at radius 2 is 0.942 bits per heavy atom. The van der Waals surface area contributed by atoms with E-state index < -0.39 is 0 Å². The van der Waals surface area contributed by atoms with Crippen molar-refractivity contribution >= 4 is 66.2 Å². The van der Waals surface area contributed by atoms with Gasteiger partial charge in [0.25, 0.3) is 0 Å². The van der Waals surface area contributed by atoms with Crippen molar-refractivity contribution in [1.29, 1.82) is 0 Å². The third-order valence-corrected chi connectivity index (χ3v) is 13.6. The summed E-state index contributed by atoms with van der Waals surface area (Å²) < 4.78 is 11.6. The SMILES string of the molecule is C=C(C)/C(=C(C)\C=C/C)c1nc(-c2cc(-n3c4ccccc4c4ccccc43)c(N3c4ccccc4Oc4ccccc43)c(-n3c4ccccc4c4ccccc43)c2)cc(-c2c(C)cccc2C)n1. The van der Waals surface area contributed by atoms with Crippen molar-refractivity contribution in [3.63, 3.8) is 0 Å². The molecule has 8 aromatic carbocycles. The minimum absolute atomic E-state index is 0.630. The van der Waals surface area contributed by atoms with Gasteiger partial charge >= 0.3 is 0 Å². The van der Waals surface area contributed by atoms with E-state index in [4.69, 9.17) is 14.7 Å². The highest BCUT2D eigenvalue weighted by Crippen LogP contribution is 2.55. The summed E-state index contributed by atoms with van der Waals surface area (Å²) in [6.07, 6.45) is 4.18. The highest BCUT2D eigenvalue weighted by molar-refractivity contribution is 6.13. The number of aromatic nitrogens is 4. The summed E-state index contributed by atoms with van der Waals surface area (Å²) in [6.45, 7) is 15.0. The summed E-state index contributed by atoms with van der Waals surface area (Å²) in [7, 11) is 0. The van der Waals surface area contributed by atoms with Crippen molar-refractivity contribution in [3.05, 3.63) is 229 Å². The van der Waals surface area contributed by atoms with Crippen molar-refractivity contribution in [2.45, 2.75) is 34.6 Å². The first-order valence-corrected chi connectivity index (χ1v) is 23.6. The smallest absolute Gasteiger partial charge is 0.160 e. The lowest BCUT2D eigenvalue weighted by Gasteiger charge is -2.36. The average Bonchev–Trinajstić information content (AvgIpc) is 3.88. The zero-order valence-corrected chi connectivity index (χ0v) is 39.3. The van der Waals surface area contributed by atoms with E-state index in [1.54, 1.807) is 0 Å². The van der Waals surface area contributed by atoms with Gasteiger partial charge in [-0.25, -0.2) is 9.97 Å². The number of hydrogen-bond donors (Lipinski definition) is 0. The summed E-state index contributed by atoms with van der Waals surface area (Å²) in [6, 6.07) is 65.0. The van der Waals surface area contributed by atoms with Gasteiger partial charge in [-0.3, -0.25) is 4.90 Å². The minimum atomic E-state index is 0.630. The Labute approximate surface area is 402 Å². The molecule has 12 rings (SSSR count). The Balaban J connectivity index is 1.31. The van der Waals surface area contributed by atoms with Crippen LogP contribution in [0.4, 0.5) is 17.1 Å². The van der Waals surface area contributed by atoms with Crippen LogP contribution in [0.25, 0.3) is 83.1 Å². The highest BCUT2D eigenvalue weighted by atomic mass is 16.5. The first-order valence-electron chi connectivity index (χ1n) is 23.6. The largest absolute Gasteiger partial charge is 0.453 e. The second-order valence-corrected chi connectivity index (χ2v) is 18.0. The number of ether oxygens (including phenoxy) is 1. The summed E-state index contributed by atoms with van der Waals surface area (Å²) in [5, 5.41) is 4.68. The summed E-state index contributed by atoms with van der Waals surface area (Å²) >= 11 is 0. The molecular formula is C63H49N5O. The second-order valence-electron chi connectivity index (χ2n) is 18.0. The molecule has 0 saturated heterocycles. The van der Waals surface area contributed by atoms with Crippen LogP contribution in [-0.4, -0.2) is 19.1 Å². The van der Waals surface area contributed by atoms with Crippen LogP contribution >= 0.6 is 0 Å². The maximum absolute atomic E-state index is 6.74. The summed E-state index contributed by atoms with van der Waals surface area (Å²) in [5.41, 5.74) is 18.0. The van der Waals surface area contributed by atoms with Gasteiger partial charge in [0.05, 0.1) is 61.9 Å². The molecular weight excluding hydrogens is 843 g/mol. The molecule has 332 valence electrons. The minimum Gasteiger partial charge on any atom is -0.453 e. The average molecular weight is 892 g/mol. The number of anilines is 3. The van der Waals surface area contributed by atoms with Gasteiger partial charge in [0.2, 0.25) is 0 Å². The van der Waals surface area contributed by atoms with Crippen molar-refractivity contribution in [2.24, 2.45) is 0 Å². The van der Waals surface area contributed by atoms with E-state index in [-0.39, 0.29) is 0 Å². The van der Waals surface area contributed by atoms with E-state index in [1.807, 2.05) is 26.0 Å². The van der Waals surface area contributed by atoms with Crippen LogP contribution in [0, 0.1) is 13.8 Å². The van der Waals surface area contributed by atoms with Crippen LogP contribution < -0.4 is 9.64 Å². The van der Waals surface area contributed by atoms with E-state index in [1.165, 1.54) is 21.5 Å². The lowest BCUT2D eigenvalue weighted by Crippen LogP contribution is -2.20. The number of allylic oxidation sites excluding steroid dienone is 5. The van der Waals surface area contributed by atoms with Crippen molar-refractivity contribution in [3.8, 4) is 45.4 Å². The molecule has 0 amide bonds.